The molecule has 2 aromatic heterocycles. The van der Waals surface area contributed by atoms with Crippen LogP contribution in [0.25, 0.3) is 22.0 Å². The van der Waals surface area contributed by atoms with Crippen LogP contribution in [0.15, 0.2) is 67.1 Å². The molecule has 0 spiro atoms. The Bertz CT molecular complexity index is 1200. The molecular formula is C23H18ClN3O2. The van der Waals surface area contributed by atoms with Crippen LogP contribution in [0, 0.1) is 0 Å². The number of pyridine rings is 1. The van der Waals surface area contributed by atoms with E-state index < -0.39 is 0 Å². The molecular weight excluding hydrogens is 386 g/mol. The third-order valence-electron chi connectivity index (χ3n) is 5.14. The molecule has 0 saturated heterocycles. The summed E-state index contributed by atoms with van der Waals surface area (Å²) in [5.74, 6) is 0.679. The van der Waals surface area contributed by atoms with Crippen molar-refractivity contribution in [1.29, 1.82) is 0 Å². The maximum Gasteiger partial charge on any atom is 0.252 e. The first-order valence-electron chi connectivity index (χ1n) is 9.42. The molecule has 4 aromatic rings. The van der Waals surface area contributed by atoms with Crippen molar-refractivity contribution in [3.63, 3.8) is 0 Å². The number of benzene rings is 2. The smallest absolute Gasteiger partial charge is 0.252 e. The van der Waals surface area contributed by atoms with Gasteiger partial charge in [0.1, 0.15) is 11.9 Å². The summed E-state index contributed by atoms with van der Waals surface area (Å²) in [5, 5.41) is 4.74. The lowest BCUT2D eigenvalue weighted by Crippen LogP contribution is -2.34. The van der Waals surface area contributed by atoms with E-state index in [-0.39, 0.29) is 12.0 Å². The summed E-state index contributed by atoms with van der Waals surface area (Å²) in [6.07, 6.45) is 5.67. The third-order valence-corrected chi connectivity index (χ3v) is 5.36. The van der Waals surface area contributed by atoms with Crippen molar-refractivity contribution in [3.8, 4) is 16.9 Å². The number of halogens is 1. The van der Waals surface area contributed by atoms with E-state index in [0.717, 1.165) is 33.3 Å². The van der Waals surface area contributed by atoms with E-state index >= 15 is 0 Å². The molecule has 1 aliphatic heterocycles. The highest BCUT2D eigenvalue weighted by atomic mass is 35.5. The molecule has 1 atom stereocenters. The zero-order chi connectivity index (χ0) is 19.8. The first-order chi connectivity index (χ1) is 14.2. The van der Waals surface area contributed by atoms with E-state index in [1.165, 1.54) is 0 Å². The normalized spacial score (nSPS) is 15.1. The van der Waals surface area contributed by atoms with Gasteiger partial charge in [-0.15, -0.1) is 0 Å². The van der Waals surface area contributed by atoms with Gasteiger partial charge >= 0.3 is 0 Å². The minimum absolute atomic E-state index is 0.140. The van der Waals surface area contributed by atoms with Crippen molar-refractivity contribution >= 4 is 28.4 Å². The van der Waals surface area contributed by atoms with Crippen LogP contribution in [0.3, 0.4) is 0 Å². The first-order valence-corrected chi connectivity index (χ1v) is 9.80. The number of nitrogens with one attached hydrogen (secondary N) is 2. The Morgan fingerprint density at radius 1 is 1.24 bits per heavy atom. The minimum Gasteiger partial charge on any atom is -0.487 e. The topological polar surface area (TPSA) is 67.0 Å². The summed E-state index contributed by atoms with van der Waals surface area (Å²) >= 11 is 6.39. The van der Waals surface area contributed by atoms with Crippen molar-refractivity contribution in [2.24, 2.45) is 0 Å². The van der Waals surface area contributed by atoms with E-state index in [4.69, 9.17) is 16.3 Å². The molecule has 2 N–H and O–H groups in total. The van der Waals surface area contributed by atoms with Crippen LogP contribution >= 0.6 is 11.6 Å². The number of hydrogen-bond acceptors (Lipinski definition) is 3. The lowest BCUT2D eigenvalue weighted by Gasteiger charge is -2.14. The van der Waals surface area contributed by atoms with Gasteiger partial charge in [-0.25, -0.2) is 0 Å². The van der Waals surface area contributed by atoms with E-state index in [0.29, 0.717) is 23.6 Å². The highest BCUT2D eigenvalue weighted by Crippen LogP contribution is 2.41. The van der Waals surface area contributed by atoms with Gasteiger partial charge in [0.05, 0.1) is 12.1 Å². The molecule has 1 amide bonds. The molecule has 0 radical (unpaired) electrons. The van der Waals surface area contributed by atoms with Gasteiger partial charge in [0, 0.05) is 46.7 Å². The van der Waals surface area contributed by atoms with E-state index in [2.05, 4.69) is 33.5 Å². The fraction of sp³-hybridized carbons (Fsp3) is 0.130. The van der Waals surface area contributed by atoms with Crippen molar-refractivity contribution < 1.29 is 9.53 Å². The summed E-state index contributed by atoms with van der Waals surface area (Å²) < 4.78 is 6.23. The molecule has 3 heterocycles. The SMILES string of the molecule is O=C(NC[C@@H]1Cc2cc(Cl)cc(-c3ccc4[nH]ccc4c3)c2O1)c1cccnc1. The predicted octanol–water partition coefficient (Wildman–Crippen LogP) is 4.62. The third kappa shape index (κ3) is 3.45. The molecule has 1 aliphatic rings. The van der Waals surface area contributed by atoms with Crippen molar-refractivity contribution in [2.45, 2.75) is 12.5 Å². The van der Waals surface area contributed by atoms with Crippen LogP contribution < -0.4 is 10.1 Å². The number of carbonyl (C=O) groups excluding carboxylic acids is 1. The van der Waals surface area contributed by atoms with Crippen molar-refractivity contribution in [3.05, 3.63) is 83.3 Å². The first kappa shape index (κ1) is 17.8. The number of hydrogen-bond donors (Lipinski definition) is 2. The molecule has 2 aromatic carbocycles. The molecule has 0 fully saturated rings. The molecule has 29 heavy (non-hydrogen) atoms. The van der Waals surface area contributed by atoms with Crippen molar-refractivity contribution in [2.75, 3.05) is 6.54 Å². The molecule has 0 saturated carbocycles. The van der Waals surface area contributed by atoms with E-state index in [1.807, 2.05) is 24.4 Å². The fourth-order valence-corrected chi connectivity index (χ4v) is 3.99. The van der Waals surface area contributed by atoms with E-state index in [1.54, 1.807) is 24.5 Å². The van der Waals surface area contributed by atoms with E-state index in [9.17, 15) is 4.79 Å². The summed E-state index contributed by atoms with van der Waals surface area (Å²) in [7, 11) is 0. The number of aromatic nitrogens is 2. The van der Waals surface area contributed by atoms with Crippen LogP contribution in [0.2, 0.25) is 5.02 Å². The monoisotopic (exact) mass is 403 g/mol. The maximum absolute atomic E-state index is 12.3. The Morgan fingerprint density at radius 2 is 2.17 bits per heavy atom. The summed E-state index contributed by atoms with van der Waals surface area (Å²) in [6, 6.07) is 15.6. The maximum atomic E-state index is 12.3. The van der Waals surface area contributed by atoms with Gasteiger partial charge in [0.15, 0.2) is 0 Å². The van der Waals surface area contributed by atoms with Gasteiger partial charge in [0.2, 0.25) is 0 Å². The van der Waals surface area contributed by atoms with Gasteiger partial charge in [-0.2, -0.15) is 0 Å². The number of aromatic amines is 1. The molecule has 5 nitrogen and oxygen atoms in total. The highest BCUT2D eigenvalue weighted by molar-refractivity contribution is 6.31. The van der Waals surface area contributed by atoms with Gasteiger partial charge in [0.25, 0.3) is 5.91 Å². The second-order valence-corrected chi connectivity index (χ2v) is 7.55. The number of ether oxygens (including phenoxy) is 1. The van der Waals surface area contributed by atoms with Gasteiger partial charge in [-0.3, -0.25) is 9.78 Å². The van der Waals surface area contributed by atoms with Crippen LogP contribution in [-0.4, -0.2) is 28.5 Å². The van der Waals surface area contributed by atoms with Gasteiger partial charge < -0.3 is 15.0 Å². The second-order valence-electron chi connectivity index (χ2n) is 7.12. The lowest BCUT2D eigenvalue weighted by molar-refractivity contribution is 0.0933. The Hall–Kier alpha value is -3.31. The minimum atomic E-state index is -0.158. The Labute approximate surface area is 172 Å². The molecule has 0 bridgehead atoms. The summed E-state index contributed by atoms with van der Waals surface area (Å²) in [5.41, 5.74) is 4.70. The number of amides is 1. The molecule has 0 aliphatic carbocycles. The van der Waals surface area contributed by atoms with Gasteiger partial charge in [-0.1, -0.05) is 17.7 Å². The number of fused-ring (bicyclic) bond motifs is 2. The van der Waals surface area contributed by atoms with Crippen LogP contribution in [0.4, 0.5) is 0 Å². The van der Waals surface area contributed by atoms with Gasteiger partial charge in [-0.05, 0) is 53.4 Å². The molecule has 6 heteroatoms. The largest absolute Gasteiger partial charge is 0.487 e. The lowest BCUT2D eigenvalue weighted by atomic mass is 9.99. The van der Waals surface area contributed by atoms with Crippen LogP contribution in [0.5, 0.6) is 5.75 Å². The Balaban J connectivity index is 1.37. The van der Waals surface area contributed by atoms with Crippen molar-refractivity contribution in [1.82, 2.24) is 15.3 Å². The van der Waals surface area contributed by atoms with Crippen LogP contribution in [0.1, 0.15) is 15.9 Å². The number of nitrogens with zero attached hydrogens (tertiary/aromatic N) is 1. The molecule has 0 unspecified atom stereocenters. The number of H-pyrrole nitrogens is 1. The predicted molar refractivity (Wildman–Crippen MR) is 113 cm³/mol. The molecule has 144 valence electrons. The molecule has 5 rings (SSSR count). The summed E-state index contributed by atoms with van der Waals surface area (Å²) in [6.45, 7) is 0.413. The highest BCUT2D eigenvalue weighted by Gasteiger charge is 2.27. The average Bonchev–Trinajstić information content (AvgIpc) is 3.37. The Kier molecular flexibility index (Phi) is 4.45. The fourth-order valence-electron chi connectivity index (χ4n) is 3.75. The van der Waals surface area contributed by atoms with Crippen LogP contribution in [-0.2, 0) is 6.42 Å². The summed E-state index contributed by atoms with van der Waals surface area (Å²) in [4.78, 5) is 19.5. The quantitative estimate of drug-likeness (QED) is 0.522. The zero-order valence-corrected chi connectivity index (χ0v) is 16.2. The number of rotatable bonds is 4. The Morgan fingerprint density at radius 3 is 3.03 bits per heavy atom. The number of carbonyl (C=O) groups is 1. The zero-order valence-electron chi connectivity index (χ0n) is 15.5. The average molecular weight is 404 g/mol. The standard InChI is InChI=1S/C23H18ClN3O2/c24-18-9-17-10-19(13-27-23(28)16-2-1-6-25-12-16)29-22(17)20(11-18)14-3-4-21-15(8-14)5-7-26-21/h1-9,11-12,19,26H,10,13H2,(H,27,28)/t19-/m0/s1. The second kappa shape index (κ2) is 7.26.